The highest BCUT2D eigenvalue weighted by Gasteiger charge is 2.16. The lowest BCUT2D eigenvalue weighted by Gasteiger charge is -2.15. The summed E-state index contributed by atoms with van der Waals surface area (Å²) < 4.78 is 28.5. The maximum absolute atomic E-state index is 12.4. The summed E-state index contributed by atoms with van der Waals surface area (Å²) in [6, 6.07) is 11.4. The molecule has 0 spiro atoms. The van der Waals surface area contributed by atoms with Crippen LogP contribution in [0.3, 0.4) is 0 Å². The Kier molecular flexibility index (Phi) is 6.09. The molecule has 30 heavy (non-hydrogen) atoms. The van der Waals surface area contributed by atoms with Crippen molar-refractivity contribution < 1.29 is 17.6 Å². The third kappa shape index (κ3) is 4.77. The number of carbonyl (C=O) groups excluding carboxylic acids is 1. The number of benzene rings is 2. The Labute approximate surface area is 175 Å². The van der Waals surface area contributed by atoms with Crippen molar-refractivity contribution in [2.45, 2.75) is 44.6 Å². The van der Waals surface area contributed by atoms with E-state index in [-0.39, 0.29) is 23.6 Å². The van der Waals surface area contributed by atoms with Gasteiger partial charge >= 0.3 is 5.63 Å². The minimum absolute atomic E-state index is 0.0132. The van der Waals surface area contributed by atoms with Gasteiger partial charge < -0.3 is 9.73 Å². The van der Waals surface area contributed by atoms with Gasteiger partial charge in [0.05, 0.1) is 10.9 Å². The Bertz CT molecular complexity index is 1280. The highest BCUT2D eigenvalue weighted by atomic mass is 32.2. The molecular weight excluding hydrogens is 404 g/mol. The second kappa shape index (κ2) is 8.41. The lowest BCUT2D eigenvalue weighted by molar-refractivity contribution is -0.121. The Morgan fingerprint density at radius 1 is 1.17 bits per heavy atom. The van der Waals surface area contributed by atoms with Crippen LogP contribution >= 0.6 is 0 Å². The van der Waals surface area contributed by atoms with Crippen molar-refractivity contribution in [1.82, 2.24) is 5.32 Å². The first-order valence-corrected chi connectivity index (χ1v) is 11.1. The number of hydrogen-bond acceptors (Lipinski definition) is 5. The monoisotopic (exact) mass is 428 g/mol. The van der Waals surface area contributed by atoms with Gasteiger partial charge in [0.1, 0.15) is 5.58 Å². The number of hydrogen-bond donors (Lipinski definition) is 2. The largest absolute Gasteiger partial charge is 0.423 e. The first-order chi connectivity index (χ1) is 14.1. The summed E-state index contributed by atoms with van der Waals surface area (Å²) in [5.41, 5.74) is 3.00. The number of rotatable bonds is 6. The molecule has 3 aromatic rings. The van der Waals surface area contributed by atoms with Crippen LogP contribution in [0.2, 0.25) is 0 Å². The summed E-state index contributed by atoms with van der Waals surface area (Å²) >= 11 is 0. The van der Waals surface area contributed by atoms with E-state index >= 15 is 0 Å². The molecule has 0 aliphatic carbocycles. The number of amides is 1. The average Bonchev–Trinajstić information content (AvgIpc) is 2.66. The van der Waals surface area contributed by atoms with Crippen molar-refractivity contribution in [2.75, 3.05) is 0 Å². The number of primary sulfonamides is 1. The van der Waals surface area contributed by atoms with E-state index < -0.39 is 21.7 Å². The van der Waals surface area contributed by atoms with Crippen LogP contribution < -0.4 is 16.1 Å². The van der Waals surface area contributed by atoms with Crippen LogP contribution in [0.1, 0.15) is 41.6 Å². The Hall–Kier alpha value is -2.97. The number of nitrogens with two attached hydrogens (primary N) is 1. The molecule has 3 rings (SSSR count). The molecule has 0 fully saturated rings. The Balaban J connectivity index is 1.72. The zero-order chi connectivity index (χ0) is 22.1. The van der Waals surface area contributed by atoms with Gasteiger partial charge in [-0.3, -0.25) is 4.79 Å². The van der Waals surface area contributed by atoms with E-state index in [1.54, 1.807) is 19.1 Å². The van der Waals surface area contributed by atoms with E-state index in [2.05, 4.69) is 5.32 Å². The summed E-state index contributed by atoms with van der Waals surface area (Å²) in [4.78, 5) is 24.8. The van der Waals surface area contributed by atoms with Crippen molar-refractivity contribution in [2.24, 2.45) is 5.14 Å². The topological polar surface area (TPSA) is 119 Å². The summed E-state index contributed by atoms with van der Waals surface area (Å²) in [6.07, 6.45) is 0.343. The average molecular weight is 429 g/mol. The Morgan fingerprint density at radius 2 is 1.90 bits per heavy atom. The fourth-order valence-electron chi connectivity index (χ4n) is 3.39. The van der Waals surface area contributed by atoms with Gasteiger partial charge in [-0.1, -0.05) is 24.3 Å². The van der Waals surface area contributed by atoms with Crippen molar-refractivity contribution >= 4 is 26.9 Å². The van der Waals surface area contributed by atoms with Crippen LogP contribution in [0.25, 0.3) is 11.0 Å². The lowest BCUT2D eigenvalue weighted by atomic mass is 10.0. The number of nitrogens with one attached hydrogen (secondary N) is 1. The minimum atomic E-state index is -3.82. The van der Waals surface area contributed by atoms with Gasteiger partial charge in [-0.15, -0.1) is 0 Å². The van der Waals surface area contributed by atoms with Crippen molar-refractivity contribution in [1.29, 1.82) is 0 Å². The van der Waals surface area contributed by atoms with E-state index in [0.717, 1.165) is 16.5 Å². The van der Waals surface area contributed by atoms with Gasteiger partial charge in [0.15, 0.2) is 0 Å². The maximum Gasteiger partial charge on any atom is 0.339 e. The summed E-state index contributed by atoms with van der Waals surface area (Å²) in [7, 11) is -3.82. The third-order valence-corrected chi connectivity index (χ3v) is 6.02. The molecule has 1 heterocycles. The molecule has 1 amide bonds. The van der Waals surface area contributed by atoms with Crippen LogP contribution in [0.5, 0.6) is 0 Å². The number of sulfonamides is 1. The number of fused-ring (bicyclic) bond motifs is 1. The molecule has 1 unspecified atom stereocenters. The molecule has 0 radical (unpaired) electrons. The maximum atomic E-state index is 12.4. The van der Waals surface area contributed by atoms with E-state index in [0.29, 0.717) is 16.7 Å². The molecule has 3 N–H and O–H groups in total. The van der Waals surface area contributed by atoms with Crippen LogP contribution in [0.15, 0.2) is 56.6 Å². The molecule has 1 atom stereocenters. The Morgan fingerprint density at radius 3 is 2.60 bits per heavy atom. The van der Waals surface area contributed by atoms with Gasteiger partial charge in [0.2, 0.25) is 15.9 Å². The zero-order valence-electron chi connectivity index (χ0n) is 17.1. The summed E-state index contributed by atoms with van der Waals surface area (Å²) in [5.74, 6) is -0.258. The standard InChI is InChI=1S/C22H24N2O5S/c1-13-7-8-18-14(2)19(22(26)29-20(18)11-13)9-10-21(25)24-15(3)16-5-4-6-17(12-16)30(23,27)28/h4-8,11-12,15H,9-10H2,1-3H3,(H,24,25)(H2,23,27,28). The van der Waals surface area contributed by atoms with Gasteiger partial charge in [-0.2, -0.15) is 0 Å². The zero-order valence-corrected chi connectivity index (χ0v) is 17.9. The van der Waals surface area contributed by atoms with Crippen LogP contribution in [-0.2, 0) is 21.2 Å². The predicted octanol–water partition coefficient (Wildman–Crippen LogP) is 2.87. The minimum Gasteiger partial charge on any atom is -0.423 e. The lowest BCUT2D eigenvalue weighted by Crippen LogP contribution is -2.27. The molecule has 0 aliphatic heterocycles. The fourth-order valence-corrected chi connectivity index (χ4v) is 3.96. The quantitative estimate of drug-likeness (QED) is 0.585. The van der Waals surface area contributed by atoms with Crippen molar-refractivity contribution in [3.8, 4) is 0 Å². The van der Waals surface area contributed by atoms with Crippen molar-refractivity contribution in [3.05, 3.63) is 75.1 Å². The van der Waals surface area contributed by atoms with Gasteiger partial charge in [0.25, 0.3) is 0 Å². The van der Waals surface area contributed by atoms with Crippen LogP contribution in [-0.4, -0.2) is 14.3 Å². The van der Waals surface area contributed by atoms with E-state index in [1.165, 1.54) is 12.1 Å². The normalized spacial score (nSPS) is 12.7. The number of aryl methyl sites for hydroxylation is 2. The highest BCUT2D eigenvalue weighted by Crippen LogP contribution is 2.22. The van der Waals surface area contributed by atoms with Gasteiger partial charge in [0, 0.05) is 17.4 Å². The highest BCUT2D eigenvalue weighted by molar-refractivity contribution is 7.89. The fraction of sp³-hybridized carbons (Fsp3) is 0.273. The third-order valence-electron chi connectivity index (χ3n) is 5.11. The van der Waals surface area contributed by atoms with Crippen LogP contribution in [0.4, 0.5) is 0 Å². The molecule has 2 aromatic carbocycles. The number of carbonyl (C=O) groups is 1. The summed E-state index contributed by atoms with van der Waals surface area (Å²) in [5, 5.41) is 8.83. The molecule has 158 valence electrons. The first kappa shape index (κ1) is 21.7. The smallest absolute Gasteiger partial charge is 0.339 e. The van der Waals surface area contributed by atoms with E-state index in [1.807, 2.05) is 32.0 Å². The molecule has 7 nitrogen and oxygen atoms in total. The molecule has 1 aromatic heterocycles. The molecular formula is C22H24N2O5S. The SMILES string of the molecule is Cc1ccc2c(C)c(CCC(=O)NC(C)c3cccc(S(N)(=O)=O)c3)c(=O)oc2c1. The molecule has 0 saturated carbocycles. The molecule has 0 aliphatic rings. The second-order valence-electron chi connectivity index (χ2n) is 7.40. The first-order valence-electron chi connectivity index (χ1n) is 9.51. The van der Waals surface area contributed by atoms with E-state index in [4.69, 9.17) is 9.56 Å². The predicted molar refractivity (Wildman–Crippen MR) is 115 cm³/mol. The van der Waals surface area contributed by atoms with E-state index in [9.17, 15) is 18.0 Å². The summed E-state index contributed by atoms with van der Waals surface area (Å²) in [6.45, 7) is 5.52. The van der Waals surface area contributed by atoms with Gasteiger partial charge in [-0.25, -0.2) is 18.4 Å². The molecule has 0 bridgehead atoms. The molecule has 8 heteroatoms. The van der Waals surface area contributed by atoms with Crippen LogP contribution in [0, 0.1) is 13.8 Å². The van der Waals surface area contributed by atoms with Gasteiger partial charge in [-0.05, 0) is 62.1 Å². The molecule has 0 saturated heterocycles. The second-order valence-corrected chi connectivity index (χ2v) is 8.96. The van der Waals surface area contributed by atoms with Crippen molar-refractivity contribution in [3.63, 3.8) is 0 Å².